The van der Waals surface area contributed by atoms with Crippen molar-refractivity contribution in [2.75, 3.05) is 12.5 Å². The van der Waals surface area contributed by atoms with E-state index >= 15 is 0 Å². The van der Waals surface area contributed by atoms with Crippen LogP contribution in [0.2, 0.25) is 0 Å². The van der Waals surface area contributed by atoms with Crippen molar-refractivity contribution in [3.63, 3.8) is 0 Å². The van der Waals surface area contributed by atoms with Crippen molar-refractivity contribution in [1.82, 2.24) is 0 Å². The van der Waals surface area contributed by atoms with Gasteiger partial charge in [0.05, 0.1) is 5.88 Å². The topological polar surface area (TPSA) is 46.5 Å². The second-order valence-electron chi connectivity index (χ2n) is 6.83. The van der Waals surface area contributed by atoms with Gasteiger partial charge in [-0.2, -0.15) is 0 Å². The lowest BCUT2D eigenvalue weighted by molar-refractivity contribution is -0.146. The Morgan fingerprint density at radius 1 is 0.920 bits per heavy atom. The van der Waals surface area contributed by atoms with Gasteiger partial charge in [-0.25, -0.2) is 0 Å². The van der Waals surface area contributed by atoms with E-state index in [1.54, 1.807) is 0 Å². The number of hydrogen-bond donors (Lipinski definition) is 1. The normalized spacial score (nSPS) is 12.6. The molecular formula is C21H39ClO3. The first kappa shape index (κ1) is 24.5. The van der Waals surface area contributed by atoms with E-state index in [1.807, 2.05) is 0 Å². The Morgan fingerprint density at radius 2 is 1.44 bits per heavy atom. The van der Waals surface area contributed by atoms with Crippen LogP contribution in [0.5, 0.6) is 0 Å². The summed E-state index contributed by atoms with van der Waals surface area (Å²) >= 11 is 5.44. The monoisotopic (exact) mass is 374 g/mol. The largest absolute Gasteiger partial charge is 0.463 e. The fraction of sp³-hybridized carbons (Fsp3) is 0.857. The SMILES string of the molecule is CCCCCCCC/C=C/CCCCCCCC(=O)OC[C@@H](O)CCl. The number of hydrogen-bond acceptors (Lipinski definition) is 3. The number of carbonyl (C=O) groups excluding carboxylic acids is 1. The van der Waals surface area contributed by atoms with Crippen LogP contribution in [0.3, 0.4) is 0 Å². The van der Waals surface area contributed by atoms with Crippen molar-refractivity contribution in [3.05, 3.63) is 12.2 Å². The maximum absolute atomic E-state index is 11.4. The summed E-state index contributed by atoms with van der Waals surface area (Å²) in [4.78, 5) is 11.4. The van der Waals surface area contributed by atoms with Gasteiger partial charge in [-0.05, 0) is 32.1 Å². The number of alkyl halides is 1. The van der Waals surface area contributed by atoms with Gasteiger partial charge >= 0.3 is 5.97 Å². The van der Waals surface area contributed by atoms with E-state index in [0.717, 1.165) is 12.8 Å². The third-order valence-electron chi connectivity index (χ3n) is 4.26. The molecule has 0 rings (SSSR count). The van der Waals surface area contributed by atoms with Gasteiger partial charge in [0.25, 0.3) is 0 Å². The van der Waals surface area contributed by atoms with Crippen LogP contribution in [0.1, 0.15) is 96.8 Å². The smallest absolute Gasteiger partial charge is 0.305 e. The van der Waals surface area contributed by atoms with Gasteiger partial charge in [0.2, 0.25) is 0 Å². The molecule has 4 heteroatoms. The molecule has 0 radical (unpaired) electrons. The highest BCUT2D eigenvalue weighted by molar-refractivity contribution is 6.18. The minimum Gasteiger partial charge on any atom is -0.463 e. The Morgan fingerprint density at radius 3 is 2.00 bits per heavy atom. The van der Waals surface area contributed by atoms with Gasteiger partial charge in [0.15, 0.2) is 0 Å². The van der Waals surface area contributed by atoms with Crippen LogP contribution in [0, 0.1) is 0 Å². The lowest BCUT2D eigenvalue weighted by Gasteiger charge is -2.07. The highest BCUT2D eigenvalue weighted by Crippen LogP contribution is 2.10. The second-order valence-corrected chi connectivity index (χ2v) is 7.13. The van der Waals surface area contributed by atoms with E-state index < -0.39 is 6.10 Å². The van der Waals surface area contributed by atoms with Crippen LogP contribution in [0.15, 0.2) is 12.2 Å². The molecule has 0 amide bonds. The standard InChI is InChI=1S/C21H39ClO3/c1-2-3-4-5-6-7-8-9-10-11-12-13-14-15-16-17-21(24)25-19-20(23)18-22/h9-10,20,23H,2-8,11-19H2,1H3/b10-9+/t20-/m0/s1. The molecule has 0 aromatic rings. The number of ether oxygens (including phenoxy) is 1. The number of aliphatic hydroxyl groups is 1. The Kier molecular flexibility index (Phi) is 19.4. The molecule has 0 aliphatic carbocycles. The van der Waals surface area contributed by atoms with Gasteiger partial charge in [0.1, 0.15) is 12.7 Å². The first-order valence-corrected chi connectivity index (χ1v) is 10.8. The lowest BCUT2D eigenvalue weighted by atomic mass is 10.1. The summed E-state index contributed by atoms with van der Waals surface area (Å²) in [7, 11) is 0. The quantitative estimate of drug-likeness (QED) is 0.135. The molecule has 3 nitrogen and oxygen atoms in total. The number of aliphatic hydroxyl groups excluding tert-OH is 1. The number of allylic oxidation sites excluding steroid dienone is 2. The van der Waals surface area contributed by atoms with Gasteiger partial charge in [-0.15, -0.1) is 11.6 Å². The highest BCUT2D eigenvalue weighted by atomic mass is 35.5. The molecule has 0 aromatic carbocycles. The maximum Gasteiger partial charge on any atom is 0.305 e. The summed E-state index contributed by atoms with van der Waals surface area (Å²) in [6.45, 7) is 2.26. The van der Waals surface area contributed by atoms with Crippen molar-refractivity contribution < 1.29 is 14.6 Å². The highest BCUT2D eigenvalue weighted by Gasteiger charge is 2.07. The van der Waals surface area contributed by atoms with Gasteiger partial charge < -0.3 is 9.84 Å². The van der Waals surface area contributed by atoms with E-state index in [-0.39, 0.29) is 18.5 Å². The van der Waals surface area contributed by atoms with Crippen LogP contribution in [0.25, 0.3) is 0 Å². The minimum absolute atomic E-state index is 0.00735. The molecule has 0 spiro atoms. The predicted molar refractivity (Wildman–Crippen MR) is 107 cm³/mol. The zero-order chi connectivity index (χ0) is 18.6. The van der Waals surface area contributed by atoms with Crippen molar-refractivity contribution in [3.8, 4) is 0 Å². The molecule has 0 fully saturated rings. The van der Waals surface area contributed by atoms with Gasteiger partial charge in [-0.1, -0.05) is 70.4 Å². The molecular weight excluding hydrogens is 336 g/mol. The summed E-state index contributed by atoms with van der Waals surface area (Å²) in [5, 5.41) is 9.20. The number of carbonyl (C=O) groups is 1. The molecule has 0 unspecified atom stereocenters. The van der Waals surface area contributed by atoms with Crippen LogP contribution in [-0.2, 0) is 9.53 Å². The van der Waals surface area contributed by atoms with Crippen LogP contribution in [-0.4, -0.2) is 29.7 Å². The summed E-state index contributed by atoms with van der Waals surface area (Å²) in [5.74, 6) is -0.137. The molecule has 1 N–H and O–H groups in total. The molecule has 0 saturated heterocycles. The first-order valence-electron chi connectivity index (χ1n) is 10.2. The number of halogens is 1. The zero-order valence-electron chi connectivity index (χ0n) is 16.2. The van der Waals surface area contributed by atoms with Crippen LogP contribution < -0.4 is 0 Å². The molecule has 0 heterocycles. The average Bonchev–Trinajstić information content (AvgIpc) is 2.62. The van der Waals surface area contributed by atoms with Crippen LogP contribution in [0.4, 0.5) is 0 Å². The van der Waals surface area contributed by atoms with E-state index in [0.29, 0.717) is 6.42 Å². The summed E-state index contributed by atoms with van der Waals surface area (Å²) < 4.78 is 4.93. The molecule has 0 saturated carbocycles. The van der Waals surface area contributed by atoms with E-state index in [9.17, 15) is 9.90 Å². The zero-order valence-corrected chi connectivity index (χ0v) is 16.9. The van der Waals surface area contributed by atoms with E-state index in [4.69, 9.17) is 16.3 Å². The summed E-state index contributed by atoms with van der Waals surface area (Å²) in [5.41, 5.74) is 0. The fourth-order valence-corrected chi connectivity index (χ4v) is 2.74. The third-order valence-corrected chi connectivity index (χ3v) is 4.61. The molecule has 1 atom stereocenters. The summed E-state index contributed by atoms with van der Waals surface area (Å²) in [6.07, 6.45) is 20.5. The Balaban J connectivity index is 3.22. The Hall–Kier alpha value is -0.540. The minimum atomic E-state index is -0.750. The molecule has 0 aromatic heterocycles. The third kappa shape index (κ3) is 19.6. The molecule has 0 bridgehead atoms. The van der Waals surface area contributed by atoms with Crippen molar-refractivity contribution in [1.29, 1.82) is 0 Å². The van der Waals surface area contributed by atoms with E-state index in [1.165, 1.54) is 70.6 Å². The molecule has 0 aliphatic rings. The first-order chi connectivity index (χ1) is 12.2. The van der Waals surface area contributed by atoms with Gasteiger partial charge in [0, 0.05) is 6.42 Å². The summed E-state index contributed by atoms with van der Waals surface area (Å²) in [6, 6.07) is 0. The van der Waals surface area contributed by atoms with Crippen molar-refractivity contribution in [2.24, 2.45) is 0 Å². The number of rotatable bonds is 18. The predicted octanol–water partition coefficient (Wildman–Crippen LogP) is 6.17. The van der Waals surface area contributed by atoms with Crippen LogP contribution >= 0.6 is 11.6 Å². The molecule has 148 valence electrons. The maximum atomic E-state index is 11.4. The fourth-order valence-electron chi connectivity index (χ4n) is 2.65. The van der Waals surface area contributed by atoms with Crippen molar-refractivity contribution in [2.45, 2.75) is 103 Å². The van der Waals surface area contributed by atoms with E-state index in [2.05, 4.69) is 19.1 Å². The average molecular weight is 375 g/mol. The second kappa shape index (κ2) is 19.8. The number of esters is 1. The molecule has 25 heavy (non-hydrogen) atoms. The Labute approximate surface area is 160 Å². The van der Waals surface area contributed by atoms with Gasteiger partial charge in [-0.3, -0.25) is 4.79 Å². The molecule has 0 aliphatic heterocycles. The van der Waals surface area contributed by atoms with Crippen molar-refractivity contribution >= 4 is 17.6 Å². The Bertz CT molecular complexity index is 318. The lowest BCUT2D eigenvalue weighted by Crippen LogP contribution is -2.19. The number of unbranched alkanes of at least 4 members (excludes halogenated alkanes) is 11.